The molecule has 3 fully saturated rings. The molecule has 6 atom stereocenters. The number of nitrogens with zero attached hydrogens (tertiary/aromatic N) is 2. The second-order valence-corrected chi connectivity index (χ2v) is 8.26. The third kappa shape index (κ3) is 2.13. The molecule has 1 aromatic rings. The summed E-state index contributed by atoms with van der Waals surface area (Å²) in [5, 5.41) is 0.568. The number of benzene rings is 1. The molecule has 4 aliphatic carbocycles. The molecule has 1 aromatic carbocycles. The summed E-state index contributed by atoms with van der Waals surface area (Å²) in [5.41, 5.74) is 0.626. The quantitative estimate of drug-likeness (QED) is 0.607. The van der Waals surface area contributed by atoms with Crippen LogP contribution in [0.25, 0.3) is 0 Å². The van der Waals surface area contributed by atoms with Gasteiger partial charge >= 0.3 is 0 Å². The van der Waals surface area contributed by atoms with Crippen molar-refractivity contribution in [1.82, 2.24) is 4.90 Å². The van der Waals surface area contributed by atoms with Crippen LogP contribution in [0.3, 0.4) is 0 Å². The maximum Gasteiger partial charge on any atom is 0.235 e. The van der Waals surface area contributed by atoms with Gasteiger partial charge in [-0.05, 0) is 54.4 Å². The van der Waals surface area contributed by atoms with Crippen LogP contribution in [0.5, 0.6) is 0 Å². The lowest BCUT2D eigenvalue weighted by atomic mass is 9.63. The Morgan fingerprint density at radius 1 is 1.08 bits per heavy atom. The predicted octanol–water partition coefficient (Wildman–Crippen LogP) is 2.70. The van der Waals surface area contributed by atoms with E-state index in [9.17, 15) is 14.4 Å². The lowest BCUT2D eigenvalue weighted by Crippen LogP contribution is -2.44. The van der Waals surface area contributed by atoms with E-state index < -0.39 is 0 Å². The monoisotopic (exact) mass is 370 g/mol. The van der Waals surface area contributed by atoms with Crippen LogP contribution in [-0.4, -0.2) is 29.3 Å². The summed E-state index contributed by atoms with van der Waals surface area (Å²) in [6.45, 7) is 1.41. The summed E-state index contributed by atoms with van der Waals surface area (Å²) in [6.07, 6.45) is 5.44. The van der Waals surface area contributed by atoms with Crippen molar-refractivity contribution in [1.29, 1.82) is 0 Å². The van der Waals surface area contributed by atoms with Crippen molar-refractivity contribution in [2.45, 2.75) is 13.3 Å². The summed E-state index contributed by atoms with van der Waals surface area (Å²) < 4.78 is 0. The first-order chi connectivity index (χ1) is 12.5. The Labute approximate surface area is 156 Å². The Morgan fingerprint density at radius 3 is 2.12 bits per heavy atom. The minimum Gasteiger partial charge on any atom is -0.294 e. The molecule has 0 radical (unpaired) electrons. The highest BCUT2D eigenvalue weighted by atomic mass is 35.5. The molecular formula is C20H19ClN2O3. The SMILES string of the molecule is CC(=O)N(CN1C(=O)[C@H]2[C@@H]3C=C[C@H]([C@H]4C[C@H]34)[C@@H]2C1=O)c1ccc(Cl)cc1. The van der Waals surface area contributed by atoms with E-state index >= 15 is 0 Å². The van der Waals surface area contributed by atoms with E-state index in [1.54, 1.807) is 24.3 Å². The minimum atomic E-state index is -0.236. The number of amides is 3. The van der Waals surface area contributed by atoms with Crippen molar-refractivity contribution in [2.24, 2.45) is 35.5 Å². The molecule has 2 bridgehead atoms. The van der Waals surface area contributed by atoms with Gasteiger partial charge in [-0.3, -0.25) is 24.2 Å². The number of rotatable bonds is 3. The van der Waals surface area contributed by atoms with Crippen LogP contribution in [0.15, 0.2) is 36.4 Å². The number of anilines is 1. The molecule has 0 spiro atoms. The van der Waals surface area contributed by atoms with Crippen LogP contribution in [0.4, 0.5) is 5.69 Å². The molecule has 1 saturated heterocycles. The molecule has 0 N–H and O–H groups in total. The van der Waals surface area contributed by atoms with Gasteiger partial charge in [-0.15, -0.1) is 0 Å². The Balaban J connectivity index is 1.44. The van der Waals surface area contributed by atoms with Crippen molar-refractivity contribution in [3.05, 3.63) is 41.4 Å². The van der Waals surface area contributed by atoms with Crippen molar-refractivity contribution in [3.8, 4) is 0 Å². The van der Waals surface area contributed by atoms with Crippen molar-refractivity contribution >= 4 is 35.0 Å². The molecule has 26 heavy (non-hydrogen) atoms. The maximum atomic E-state index is 13.1. The van der Waals surface area contributed by atoms with Crippen molar-refractivity contribution in [2.75, 3.05) is 11.6 Å². The van der Waals surface area contributed by atoms with Gasteiger partial charge in [0.05, 0.1) is 11.8 Å². The summed E-state index contributed by atoms with van der Waals surface area (Å²) in [6, 6.07) is 6.83. The van der Waals surface area contributed by atoms with Gasteiger partial charge < -0.3 is 0 Å². The zero-order chi connectivity index (χ0) is 18.2. The Morgan fingerprint density at radius 2 is 1.62 bits per heavy atom. The number of carbonyl (C=O) groups excluding carboxylic acids is 3. The Kier molecular flexibility index (Phi) is 3.35. The second-order valence-electron chi connectivity index (χ2n) is 7.82. The van der Waals surface area contributed by atoms with E-state index in [-0.39, 0.29) is 48.1 Å². The van der Waals surface area contributed by atoms with Crippen molar-refractivity contribution < 1.29 is 14.4 Å². The van der Waals surface area contributed by atoms with Crippen LogP contribution >= 0.6 is 11.6 Å². The van der Waals surface area contributed by atoms with E-state index in [0.717, 1.165) is 6.42 Å². The van der Waals surface area contributed by atoms with Gasteiger partial charge in [-0.1, -0.05) is 23.8 Å². The third-order valence-corrected chi connectivity index (χ3v) is 6.81. The van der Waals surface area contributed by atoms with Gasteiger partial charge in [0.25, 0.3) is 0 Å². The van der Waals surface area contributed by atoms with E-state index in [0.29, 0.717) is 22.5 Å². The number of halogens is 1. The smallest absolute Gasteiger partial charge is 0.235 e. The number of carbonyl (C=O) groups is 3. The average molecular weight is 371 g/mol. The van der Waals surface area contributed by atoms with Gasteiger partial charge in [0.2, 0.25) is 17.7 Å². The highest BCUT2D eigenvalue weighted by molar-refractivity contribution is 6.30. The third-order valence-electron chi connectivity index (χ3n) is 6.56. The van der Waals surface area contributed by atoms with E-state index in [2.05, 4.69) is 12.2 Å². The number of hydrogen-bond donors (Lipinski definition) is 0. The molecule has 5 aliphatic rings. The molecule has 1 heterocycles. The fraction of sp³-hybridized carbons (Fsp3) is 0.450. The highest BCUT2D eigenvalue weighted by Crippen LogP contribution is 2.65. The number of hydrogen-bond acceptors (Lipinski definition) is 3. The molecular weight excluding hydrogens is 352 g/mol. The first kappa shape index (κ1) is 16.1. The Hall–Kier alpha value is -2.14. The summed E-state index contributed by atoms with van der Waals surface area (Å²) >= 11 is 5.92. The van der Waals surface area contributed by atoms with E-state index in [4.69, 9.17) is 11.6 Å². The van der Waals surface area contributed by atoms with Gasteiger partial charge in [-0.2, -0.15) is 0 Å². The maximum absolute atomic E-state index is 13.1. The fourth-order valence-corrected chi connectivity index (χ4v) is 5.41. The highest BCUT2D eigenvalue weighted by Gasteiger charge is 2.67. The van der Waals surface area contributed by atoms with E-state index in [1.165, 1.54) is 16.7 Å². The zero-order valence-corrected chi connectivity index (χ0v) is 15.1. The van der Waals surface area contributed by atoms with Gasteiger partial charge in [0.15, 0.2) is 0 Å². The first-order valence-electron chi connectivity index (χ1n) is 9.04. The molecule has 5 nitrogen and oxygen atoms in total. The largest absolute Gasteiger partial charge is 0.294 e. The molecule has 6 rings (SSSR count). The molecule has 2 saturated carbocycles. The summed E-state index contributed by atoms with van der Waals surface area (Å²) in [4.78, 5) is 41.0. The molecule has 3 amide bonds. The fourth-order valence-electron chi connectivity index (χ4n) is 5.28. The van der Waals surface area contributed by atoms with Crippen LogP contribution in [-0.2, 0) is 14.4 Å². The average Bonchev–Trinajstić information content (AvgIpc) is 3.40. The summed E-state index contributed by atoms with van der Waals surface area (Å²) in [7, 11) is 0. The minimum absolute atomic E-state index is 0.0313. The van der Waals surface area contributed by atoms with Crippen LogP contribution in [0.2, 0.25) is 5.02 Å². The van der Waals surface area contributed by atoms with E-state index in [1.807, 2.05) is 0 Å². The van der Waals surface area contributed by atoms with Crippen molar-refractivity contribution in [3.63, 3.8) is 0 Å². The predicted molar refractivity (Wildman–Crippen MR) is 96.0 cm³/mol. The standard InChI is InChI=1S/C20H19ClN2O3/c1-10(24)22(12-4-2-11(21)3-5-12)9-23-19(25)17-13-6-7-14(16-8-15(13)16)18(17)20(23)26/h2-7,13-18H,8-9H2,1H3/t13-,14-,15-,16-,17+,18+/m1/s1. The lowest BCUT2D eigenvalue weighted by Gasteiger charge is -2.37. The number of likely N-dealkylation sites (tertiary alicyclic amines) is 1. The zero-order valence-electron chi connectivity index (χ0n) is 14.3. The molecule has 6 heteroatoms. The van der Waals surface area contributed by atoms with Gasteiger partial charge in [0, 0.05) is 17.6 Å². The Bertz CT molecular complexity index is 813. The van der Waals surface area contributed by atoms with Crippen LogP contribution in [0, 0.1) is 35.5 Å². The number of allylic oxidation sites excluding steroid dienone is 2. The molecule has 0 aromatic heterocycles. The van der Waals surface area contributed by atoms with Crippen LogP contribution in [0.1, 0.15) is 13.3 Å². The summed E-state index contributed by atoms with van der Waals surface area (Å²) in [5.74, 6) is 0.601. The van der Waals surface area contributed by atoms with Gasteiger partial charge in [-0.25, -0.2) is 0 Å². The second kappa shape index (κ2) is 5.43. The topological polar surface area (TPSA) is 57.7 Å². The first-order valence-corrected chi connectivity index (χ1v) is 9.42. The molecule has 134 valence electrons. The molecule has 0 unspecified atom stereocenters. The molecule has 1 aliphatic heterocycles. The van der Waals surface area contributed by atoms with Gasteiger partial charge in [0.1, 0.15) is 6.67 Å². The van der Waals surface area contributed by atoms with Crippen LogP contribution < -0.4 is 4.90 Å². The lowest BCUT2D eigenvalue weighted by molar-refractivity contribution is -0.140. The number of imide groups is 1. The normalized spacial score (nSPS) is 36.2.